The van der Waals surface area contributed by atoms with Crippen molar-refractivity contribution in [3.63, 3.8) is 0 Å². The van der Waals surface area contributed by atoms with E-state index >= 15 is 0 Å². The molecule has 2 heterocycles. The van der Waals surface area contributed by atoms with Crippen LogP contribution in [0.5, 0.6) is 5.75 Å². The van der Waals surface area contributed by atoms with Gasteiger partial charge in [-0.15, -0.1) is 0 Å². The molecule has 28 heavy (non-hydrogen) atoms. The van der Waals surface area contributed by atoms with Crippen LogP contribution in [0.1, 0.15) is 39.0 Å². The number of aromatic nitrogens is 1. The van der Waals surface area contributed by atoms with Crippen LogP contribution >= 0.6 is 0 Å². The zero-order valence-corrected chi connectivity index (χ0v) is 16.7. The molecular formula is C21H28N3O4+. The van der Waals surface area contributed by atoms with E-state index in [1.54, 1.807) is 26.0 Å². The van der Waals surface area contributed by atoms with E-state index in [4.69, 9.17) is 4.74 Å². The molecule has 1 fully saturated rings. The lowest BCUT2D eigenvalue weighted by Gasteiger charge is -2.33. The summed E-state index contributed by atoms with van der Waals surface area (Å²) >= 11 is 0. The number of aromatic amines is 1. The minimum Gasteiger partial charge on any atom is -0.508 e. The van der Waals surface area contributed by atoms with Gasteiger partial charge in [-0.25, -0.2) is 4.79 Å². The van der Waals surface area contributed by atoms with Gasteiger partial charge < -0.3 is 24.6 Å². The number of phenols is 1. The molecule has 0 atom stereocenters. The Morgan fingerprint density at radius 1 is 1.11 bits per heavy atom. The summed E-state index contributed by atoms with van der Waals surface area (Å²) in [6.45, 7) is 9.35. The number of hydrogen-bond acceptors (Lipinski definition) is 5. The number of ketones is 1. The van der Waals surface area contributed by atoms with E-state index in [0.717, 1.165) is 31.9 Å². The van der Waals surface area contributed by atoms with Gasteiger partial charge in [0.2, 0.25) is 5.78 Å². The molecule has 0 unspecified atom stereocenters. The van der Waals surface area contributed by atoms with Crippen LogP contribution in [0.25, 0.3) is 0 Å². The number of aryl methyl sites for hydroxylation is 2. The molecule has 150 valence electrons. The number of Topliss-reactive ketones (excluding diaryl/α,β-unsaturated/α-hetero) is 1. The van der Waals surface area contributed by atoms with Gasteiger partial charge in [0.15, 0.2) is 0 Å². The number of benzene rings is 1. The third kappa shape index (κ3) is 4.20. The molecule has 0 aliphatic carbocycles. The minimum atomic E-state index is -0.445. The number of H-pyrrole nitrogens is 1. The van der Waals surface area contributed by atoms with E-state index in [-0.39, 0.29) is 18.1 Å². The highest BCUT2D eigenvalue weighted by atomic mass is 16.5. The second-order valence-electron chi connectivity index (χ2n) is 7.20. The topological polar surface area (TPSA) is 87.1 Å². The van der Waals surface area contributed by atoms with Crippen molar-refractivity contribution in [1.82, 2.24) is 4.98 Å². The van der Waals surface area contributed by atoms with Gasteiger partial charge in [-0.1, -0.05) is 0 Å². The zero-order valence-electron chi connectivity index (χ0n) is 16.7. The van der Waals surface area contributed by atoms with Crippen molar-refractivity contribution in [2.75, 3.05) is 44.2 Å². The number of nitrogens with zero attached hydrogens (tertiary/aromatic N) is 1. The van der Waals surface area contributed by atoms with Gasteiger partial charge in [-0.2, -0.15) is 0 Å². The Balaban J connectivity index is 1.65. The number of hydrogen-bond donors (Lipinski definition) is 3. The fraction of sp³-hybridized carbons (Fsp3) is 0.429. The normalized spacial score (nSPS) is 14.9. The largest absolute Gasteiger partial charge is 0.508 e. The molecule has 0 saturated carbocycles. The average molecular weight is 386 g/mol. The first-order valence-electron chi connectivity index (χ1n) is 9.67. The van der Waals surface area contributed by atoms with Crippen LogP contribution in [0.2, 0.25) is 0 Å². The third-order valence-electron chi connectivity index (χ3n) is 5.23. The van der Waals surface area contributed by atoms with Crippen LogP contribution in [0.3, 0.4) is 0 Å². The Morgan fingerprint density at radius 3 is 2.32 bits per heavy atom. The summed E-state index contributed by atoms with van der Waals surface area (Å²) in [4.78, 5) is 31.8. The Bertz CT molecular complexity index is 849. The number of quaternary nitrogens is 1. The molecule has 0 spiro atoms. The number of phenolic OH excluding ortho intramolecular Hbond substituents is 1. The number of carbonyl (C=O) groups excluding carboxylic acids is 2. The maximum absolute atomic E-state index is 13.0. The SMILES string of the molecule is CCOC(=O)c1c(C)[nH]c(C)c1C(=O)C[NH+]1CCN(c2ccc(O)cc2)CC1. The van der Waals surface area contributed by atoms with Crippen LogP contribution in [-0.4, -0.2) is 61.2 Å². The van der Waals surface area contributed by atoms with Gasteiger partial charge in [0.1, 0.15) is 12.3 Å². The molecule has 1 aromatic heterocycles. The van der Waals surface area contributed by atoms with Gasteiger partial charge in [-0.05, 0) is 45.0 Å². The summed E-state index contributed by atoms with van der Waals surface area (Å²) in [6.07, 6.45) is 0. The number of anilines is 1. The Labute approximate surface area is 164 Å². The molecular weight excluding hydrogens is 358 g/mol. The van der Waals surface area contributed by atoms with Gasteiger partial charge >= 0.3 is 5.97 Å². The number of carbonyl (C=O) groups is 2. The predicted molar refractivity (Wildman–Crippen MR) is 106 cm³/mol. The number of esters is 1. The van der Waals surface area contributed by atoms with Crippen molar-refractivity contribution < 1.29 is 24.3 Å². The maximum atomic E-state index is 13.0. The zero-order chi connectivity index (χ0) is 20.3. The predicted octanol–water partition coefficient (Wildman–Crippen LogP) is 1.10. The first kappa shape index (κ1) is 19.9. The molecule has 0 amide bonds. The van der Waals surface area contributed by atoms with Crippen molar-refractivity contribution in [1.29, 1.82) is 0 Å². The van der Waals surface area contributed by atoms with Gasteiger partial charge in [0.25, 0.3) is 0 Å². The molecule has 7 heteroatoms. The van der Waals surface area contributed by atoms with E-state index < -0.39 is 5.97 Å². The fourth-order valence-electron chi connectivity index (χ4n) is 3.83. The number of rotatable bonds is 6. The van der Waals surface area contributed by atoms with Crippen LogP contribution in [0, 0.1) is 13.8 Å². The third-order valence-corrected chi connectivity index (χ3v) is 5.23. The lowest BCUT2D eigenvalue weighted by Crippen LogP contribution is -3.15. The lowest BCUT2D eigenvalue weighted by atomic mass is 10.0. The smallest absolute Gasteiger partial charge is 0.340 e. The molecule has 1 aliphatic rings. The van der Waals surface area contributed by atoms with Gasteiger partial charge in [0, 0.05) is 17.1 Å². The summed E-state index contributed by atoms with van der Waals surface area (Å²) in [5.74, 6) is -0.217. The Hall–Kier alpha value is -2.80. The van der Waals surface area contributed by atoms with E-state index in [1.807, 2.05) is 19.1 Å². The highest BCUT2D eigenvalue weighted by Gasteiger charge is 2.29. The van der Waals surface area contributed by atoms with Crippen LogP contribution in [0.15, 0.2) is 24.3 Å². The van der Waals surface area contributed by atoms with E-state index in [0.29, 0.717) is 29.1 Å². The highest BCUT2D eigenvalue weighted by molar-refractivity contribution is 6.08. The molecule has 1 aromatic carbocycles. The second kappa shape index (κ2) is 8.48. The van der Waals surface area contributed by atoms with Gasteiger partial charge in [-0.3, -0.25) is 4.79 Å². The maximum Gasteiger partial charge on any atom is 0.340 e. The van der Waals surface area contributed by atoms with E-state index in [2.05, 4.69) is 9.88 Å². The molecule has 1 saturated heterocycles. The first-order chi connectivity index (χ1) is 13.4. The van der Waals surface area contributed by atoms with E-state index in [9.17, 15) is 14.7 Å². The monoisotopic (exact) mass is 386 g/mol. The first-order valence-corrected chi connectivity index (χ1v) is 9.67. The van der Waals surface area contributed by atoms with Crippen molar-refractivity contribution in [2.45, 2.75) is 20.8 Å². The summed E-state index contributed by atoms with van der Waals surface area (Å²) in [5.41, 5.74) is 3.29. The summed E-state index contributed by atoms with van der Waals surface area (Å²) in [7, 11) is 0. The van der Waals surface area contributed by atoms with Crippen molar-refractivity contribution in [3.8, 4) is 5.75 Å². The number of piperazine rings is 1. The lowest BCUT2D eigenvalue weighted by molar-refractivity contribution is -0.892. The second-order valence-corrected chi connectivity index (χ2v) is 7.20. The standard InChI is InChI=1S/C21H27N3O4/c1-4-28-21(27)20-15(3)22-14(2)19(20)18(26)13-23-9-11-24(12-10-23)16-5-7-17(25)8-6-16/h5-8,22,25H,4,9-13H2,1-3H3/p+1. The molecule has 0 bridgehead atoms. The van der Waals surface area contributed by atoms with Crippen LogP contribution in [-0.2, 0) is 4.74 Å². The van der Waals surface area contributed by atoms with Crippen molar-refractivity contribution in [3.05, 3.63) is 46.8 Å². The van der Waals surface area contributed by atoms with Crippen LogP contribution in [0.4, 0.5) is 5.69 Å². The average Bonchev–Trinajstić information content (AvgIpc) is 2.97. The summed E-state index contributed by atoms with van der Waals surface area (Å²) in [6, 6.07) is 7.18. The highest BCUT2D eigenvalue weighted by Crippen LogP contribution is 2.20. The van der Waals surface area contributed by atoms with Crippen molar-refractivity contribution in [2.24, 2.45) is 0 Å². The Morgan fingerprint density at radius 2 is 1.71 bits per heavy atom. The summed E-state index contributed by atoms with van der Waals surface area (Å²) in [5, 5.41) is 9.43. The number of aromatic hydroxyl groups is 1. The molecule has 2 aromatic rings. The van der Waals surface area contributed by atoms with Gasteiger partial charge in [0.05, 0.1) is 43.9 Å². The summed E-state index contributed by atoms with van der Waals surface area (Å²) < 4.78 is 5.13. The molecule has 7 nitrogen and oxygen atoms in total. The Kier molecular flexibility index (Phi) is 6.04. The molecule has 3 rings (SSSR count). The number of ether oxygens (including phenoxy) is 1. The molecule has 3 N–H and O–H groups in total. The van der Waals surface area contributed by atoms with Crippen LogP contribution < -0.4 is 9.80 Å². The van der Waals surface area contributed by atoms with E-state index in [1.165, 1.54) is 4.90 Å². The quantitative estimate of drug-likeness (QED) is 0.511. The number of nitrogens with one attached hydrogen (secondary N) is 2. The fourth-order valence-corrected chi connectivity index (χ4v) is 3.83. The van der Waals surface area contributed by atoms with Crippen molar-refractivity contribution >= 4 is 17.4 Å². The minimum absolute atomic E-state index is 0.0296. The molecule has 1 aliphatic heterocycles. The molecule has 0 radical (unpaired) electrons.